The molecule has 2 N–H and O–H groups in total. The first-order chi connectivity index (χ1) is 8.47. The van der Waals surface area contributed by atoms with E-state index in [1.54, 1.807) is 7.05 Å². The molecule has 0 fully saturated rings. The molecule has 0 aromatic carbocycles. The summed E-state index contributed by atoms with van der Waals surface area (Å²) in [5, 5.41) is 10.6. The van der Waals surface area contributed by atoms with Gasteiger partial charge in [-0.1, -0.05) is 13.3 Å². The molecular formula is C11H16N4O3. The molecule has 0 spiro atoms. The van der Waals surface area contributed by atoms with Crippen molar-refractivity contribution in [2.45, 2.75) is 19.8 Å². The van der Waals surface area contributed by atoms with E-state index >= 15 is 0 Å². The number of amides is 1. The first kappa shape index (κ1) is 13.9. The van der Waals surface area contributed by atoms with Crippen LogP contribution in [0, 0.1) is 10.1 Å². The monoisotopic (exact) mass is 252 g/mol. The largest absolute Gasteiger partial charge is 0.395 e. The predicted octanol–water partition coefficient (Wildman–Crippen LogP) is 1.44. The summed E-state index contributed by atoms with van der Waals surface area (Å²) < 4.78 is 0. The standard InChI is InChI=1S/C11H16N4O3/c1-3-4-5-14(2)11(16)8-6-10(15(17)18)13-7-9(8)12/h6-7H,3-5,12H2,1-2H3. The molecule has 1 heterocycles. The van der Waals surface area contributed by atoms with Gasteiger partial charge in [-0.05, 0) is 16.3 Å². The molecule has 18 heavy (non-hydrogen) atoms. The third kappa shape index (κ3) is 3.16. The average molecular weight is 252 g/mol. The summed E-state index contributed by atoms with van der Waals surface area (Å²) in [6, 6.07) is 1.11. The second kappa shape index (κ2) is 5.95. The molecule has 0 unspecified atom stereocenters. The lowest BCUT2D eigenvalue weighted by atomic mass is 10.2. The number of nitrogens with two attached hydrogens (primary N) is 1. The van der Waals surface area contributed by atoms with Crippen molar-refractivity contribution in [2.75, 3.05) is 19.3 Å². The zero-order valence-electron chi connectivity index (χ0n) is 10.4. The Morgan fingerprint density at radius 3 is 2.83 bits per heavy atom. The summed E-state index contributed by atoms with van der Waals surface area (Å²) in [4.78, 5) is 27.0. The van der Waals surface area contributed by atoms with Crippen molar-refractivity contribution in [3.05, 3.63) is 27.9 Å². The lowest BCUT2D eigenvalue weighted by Gasteiger charge is -2.17. The number of nitrogen functional groups attached to an aromatic ring is 1. The fourth-order valence-electron chi connectivity index (χ4n) is 1.44. The summed E-state index contributed by atoms with van der Waals surface area (Å²) in [5.74, 6) is -0.706. The SMILES string of the molecule is CCCCN(C)C(=O)c1cc([N+](=O)[O-])ncc1N. The second-order valence-electron chi connectivity index (χ2n) is 3.97. The minimum atomic E-state index is -0.651. The minimum Gasteiger partial charge on any atom is -0.395 e. The molecule has 1 amide bonds. The molecule has 0 aliphatic rings. The Bertz CT molecular complexity index is 462. The van der Waals surface area contributed by atoms with Gasteiger partial charge in [0.15, 0.2) is 6.20 Å². The fraction of sp³-hybridized carbons (Fsp3) is 0.455. The van der Waals surface area contributed by atoms with E-state index in [-0.39, 0.29) is 23.0 Å². The number of hydrogen-bond acceptors (Lipinski definition) is 5. The summed E-state index contributed by atoms with van der Waals surface area (Å²) in [7, 11) is 1.64. The van der Waals surface area contributed by atoms with Gasteiger partial charge < -0.3 is 20.7 Å². The Morgan fingerprint density at radius 1 is 1.61 bits per heavy atom. The number of hydrogen-bond donors (Lipinski definition) is 1. The van der Waals surface area contributed by atoms with Gasteiger partial charge in [0.05, 0.1) is 17.3 Å². The molecule has 0 aliphatic heterocycles. The van der Waals surface area contributed by atoms with Crippen molar-refractivity contribution in [1.29, 1.82) is 0 Å². The smallest absolute Gasteiger partial charge is 0.364 e. The van der Waals surface area contributed by atoms with Crippen LogP contribution in [-0.2, 0) is 0 Å². The Morgan fingerprint density at radius 2 is 2.28 bits per heavy atom. The number of nitrogens with zero attached hydrogens (tertiary/aromatic N) is 3. The third-order valence-electron chi connectivity index (χ3n) is 2.53. The topological polar surface area (TPSA) is 102 Å². The molecule has 1 aromatic rings. The highest BCUT2D eigenvalue weighted by Gasteiger charge is 2.19. The molecule has 0 saturated carbocycles. The molecule has 0 atom stereocenters. The Balaban J connectivity index is 2.97. The first-order valence-electron chi connectivity index (χ1n) is 5.62. The van der Waals surface area contributed by atoms with Crippen LogP contribution in [0.3, 0.4) is 0 Å². The second-order valence-corrected chi connectivity index (χ2v) is 3.97. The van der Waals surface area contributed by atoms with Gasteiger partial charge in [-0.25, -0.2) is 0 Å². The van der Waals surface area contributed by atoms with Gasteiger partial charge >= 0.3 is 5.82 Å². The number of unbranched alkanes of at least 4 members (excludes halogenated alkanes) is 1. The van der Waals surface area contributed by atoms with E-state index in [2.05, 4.69) is 4.98 Å². The van der Waals surface area contributed by atoms with Gasteiger partial charge in [0, 0.05) is 13.6 Å². The summed E-state index contributed by atoms with van der Waals surface area (Å²) in [6.07, 6.45) is 2.97. The van der Waals surface area contributed by atoms with Crippen molar-refractivity contribution in [2.24, 2.45) is 0 Å². The van der Waals surface area contributed by atoms with E-state index in [0.29, 0.717) is 6.54 Å². The fourth-order valence-corrected chi connectivity index (χ4v) is 1.44. The van der Waals surface area contributed by atoms with Crippen LogP contribution in [0.25, 0.3) is 0 Å². The molecular weight excluding hydrogens is 236 g/mol. The number of carbonyl (C=O) groups is 1. The summed E-state index contributed by atoms with van der Waals surface area (Å²) in [5.41, 5.74) is 5.89. The van der Waals surface area contributed by atoms with E-state index in [1.807, 2.05) is 6.92 Å². The highest BCUT2D eigenvalue weighted by molar-refractivity contribution is 5.99. The van der Waals surface area contributed by atoms with Crippen LogP contribution < -0.4 is 5.73 Å². The van der Waals surface area contributed by atoms with E-state index in [1.165, 1.54) is 4.90 Å². The van der Waals surface area contributed by atoms with Crippen molar-refractivity contribution >= 4 is 17.4 Å². The maximum Gasteiger partial charge on any atom is 0.364 e. The molecule has 7 heteroatoms. The Labute approximate surface area is 105 Å². The van der Waals surface area contributed by atoms with Gasteiger partial charge in [0.25, 0.3) is 5.91 Å². The summed E-state index contributed by atoms with van der Waals surface area (Å²) in [6.45, 7) is 2.61. The highest BCUT2D eigenvalue weighted by Crippen LogP contribution is 2.18. The van der Waals surface area contributed by atoms with Crippen LogP contribution in [-0.4, -0.2) is 34.3 Å². The zero-order valence-corrected chi connectivity index (χ0v) is 10.4. The van der Waals surface area contributed by atoms with Gasteiger partial charge in [-0.15, -0.1) is 0 Å². The minimum absolute atomic E-state index is 0.121. The van der Waals surface area contributed by atoms with Gasteiger partial charge in [-0.2, -0.15) is 0 Å². The quantitative estimate of drug-likeness (QED) is 0.631. The van der Waals surface area contributed by atoms with Gasteiger partial charge in [-0.3, -0.25) is 4.79 Å². The molecule has 0 radical (unpaired) electrons. The van der Waals surface area contributed by atoms with Crippen LogP contribution in [0.15, 0.2) is 12.3 Å². The van der Waals surface area contributed by atoms with Crippen molar-refractivity contribution < 1.29 is 9.72 Å². The average Bonchev–Trinajstić information content (AvgIpc) is 2.35. The van der Waals surface area contributed by atoms with Crippen LogP contribution in [0.5, 0.6) is 0 Å². The predicted molar refractivity (Wildman–Crippen MR) is 67.2 cm³/mol. The summed E-state index contributed by atoms with van der Waals surface area (Å²) >= 11 is 0. The number of carbonyl (C=O) groups excluding carboxylic acids is 1. The van der Waals surface area contributed by atoms with E-state index in [9.17, 15) is 14.9 Å². The number of pyridine rings is 1. The molecule has 1 aromatic heterocycles. The van der Waals surface area contributed by atoms with E-state index in [0.717, 1.165) is 25.1 Å². The number of rotatable bonds is 5. The van der Waals surface area contributed by atoms with Crippen LogP contribution in [0.2, 0.25) is 0 Å². The molecule has 7 nitrogen and oxygen atoms in total. The normalized spacial score (nSPS) is 10.1. The lowest BCUT2D eigenvalue weighted by Crippen LogP contribution is -2.28. The lowest BCUT2D eigenvalue weighted by molar-refractivity contribution is -0.389. The van der Waals surface area contributed by atoms with E-state index < -0.39 is 4.92 Å². The number of anilines is 1. The van der Waals surface area contributed by atoms with Gasteiger partial charge in [0.2, 0.25) is 0 Å². The molecule has 1 rings (SSSR count). The number of nitro groups is 1. The van der Waals surface area contributed by atoms with Crippen LogP contribution >= 0.6 is 0 Å². The molecule has 0 saturated heterocycles. The van der Waals surface area contributed by atoms with Crippen molar-refractivity contribution in [3.8, 4) is 0 Å². The molecule has 0 aliphatic carbocycles. The van der Waals surface area contributed by atoms with Crippen LogP contribution in [0.1, 0.15) is 30.1 Å². The Kier molecular flexibility index (Phi) is 4.59. The maximum absolute atomic E-state index is 12.0. The van der Waals surface area contributed by atoms with Crippen molar-refractivity contribution in [3.63, 3.8) is 0 Å². The zero-order chi connectivity index (χ0) is 13.7. The number of aromatic nitrogens is 1. The third-order valence-corrected chi connectivity index (χ3v) is 2.53. The molecule has 0 bridgehead atoms. The highest BCUT2D eigenvalue weighted by atomic mass is 16.6. The van der Waals surface area contributed by atoms with Gasteiger partial charge in [0.1, 0.15) is 0 Å². The molecule has 98 valence electrons. The Hall–Kier alpha value is -2.18. The van der Waals surface area contributed by atoms with Crippen LogP contribution in [0.4, 0.5) is 11.5 Å². The van der Waals surface area contributed by atoms with E-state index in [4.69, 9.17) is 5.73 Å². The maximum atomic E-state index is 12.0. The van der Waals surface area contributed by atoms with Crippen molar-refractivity contribution in [1.82, 2.24) is 9.88 Å². The first-order valence-corrected chi connectivity index (χ1v) is 5.62.